The Hall–Kier alpha value is -1.30. The van der Waals surface area contributed by atoms with Crippen molar-refractivity contribution < 1.29 is 14.2 Å². The fraction of sp³-hybridized carbons (Fsp3) is 0.684. The average Bonchev–Trinajstić information content (AvgIpc) is 3.33. The van der Waals surface area contributed by atoms with Gasteiger partial charge in [-0.1, -0.05) is 6.07 Å². The lowest BCUT2D eigenvalue weighted by atomic mass is 9.87. The third kappa shape index (κ3) is 2.68. The van der Waals surface area contributed by atoms with E-state index in [1.165, 1.54) is 38.0 Å². The van der Waals surface area contributed by atoms with E-state index in [1.807, 2.05) is 6.07 Å². The molecule has 0 radical (unpaired) electrons. The van der Waals surface area contributed by atoms with Crippen LogP contribution in [0.1, 0.15) is 18.4 Å². The second kappa shape index (κ2) is 6.21. The van der Waals surface area contributed by atoms with Crippen LogP contribution >= 0.6 is 0 Å². The summed E-state index contributed by atoms with van der Waals surface area (Å²) in [6, 6.07) is 6.98. The van der Waals surface area contributed by atoms with Gasteiger partial charge in [0.05, 0.1) is 13.2 Å². The minimum Gasteiger partial charge on any atom is -0.454 e. The molecule has 0 aromatic heterocycles. The molecule has 1 aromatic carbocycles. The first kappa shape index (κ1) is 15.0. The van der Waals surface area contributed by atoms with E-state index in [9.17, 15) is 0 Å². The number of hydrogen-bond donors (Lipinski definition) is 0. The van der Waals surface area contributed by atoms with Crippen molar-refractivity contribution in [2.45, 2.75) is 25.4 Å². The molecule has 130 valence electrons. The predicted molar refractivity (Wildman–Crippen MR) is 90.2 cm³/mol. The molecule has 4 heterocycles. The summed E-state index contributed by atoms with van der Waals surface area (Å²) in [5.74, 6) is 3.22. The molecular formula is C19H26N2O3. The molecule has 0 bridgehead atoms. The van der Waals surface area contributed by atoms with Crippen molar-refractivity contribution in [3.8, 4) is 11.5 Å². The van der Waals surface area contributed by atoms with E-state index in [1.54, 1.807) is 0 Å². The number of nitrogens with zero attached hydrogens (tertiary/aromatic N) is 2. The third-order valence-electron chi connectivity index (χ3n) is 6.13. The quantitative estimate of drug-likeness (QED) is 0.846. The predicted octanol–water partition coefficient (Wildman–Crippen LogP) is 1.96. The molecule has 5 rings (SSSR count). The Labute approximate surface area is 143 Å². The summed E-state index contributed by atoms with van der Waals surface area (Å²) in [4.78, 5) is 5.28. The molecule has 0 unspecified atom stereocenters. The van der Waals surface area contributed by atoms with Gasteiger partial charge in [0.2, 0.25) is 6.79 Å². The molecule has 3 atom stereocenters. The number of hydrogen-bond acceptors (Lipinski definition) is 5. The minimum absolute atomic E-state index is 0.349. The molecule has 24 heavy (non-hydrogen) atoms. The zero-order valence-corrected chi connectivity index (χ0v) is 14.2. The maximum absolute atomic E-state index is 5.96. The van der Waals surface area contributed by atoms with E-state index >= 15 is 0 Å². The number of likely N-dealkylation sites (tertiary alicyclic amines) is 2. The standard InChI is InChI=1S/C19H26N2O3/c1-2-6-21(5-1)17-12-22-11-15-9-20(10-16(15)17)8-14-3-4-18-19(7-14)24-13-23-18/h3-4,7,15-17H,1-2,5-6,8-13H2/t15-,16-,17-/m1/s1. The summed E-state index contributed by atoms with van der Waals surface area (Å²) >= 11 is 0. The Morgan fingerprint density at radius 3 is 2.79 bits per heavy atom. The number of rotatable bonds is 3. The zero-order valence-electron chi connectivity index (χ0n) is 14.2. The summed E-state index contributed by atoms with van der Waals surface area (Å²) in [5, 5.41) is 0. The zero-order chi connectivity index (χ0) is 15.9. The maximum atomic E-state index is 5.96. The molecule has 0 N–H and O–H groups in total. The minimum atomic E-state index is 0.349. The topological polar surface area (TPSA) is 34.2 Å². The third-order valence-corrected chi connectivity index (χ3v) is 6.13. The van der Waals surface area contributed by atoms with Crippen LogP contribution in [0.2, 0.25) is 0 Å². The molecule has 5 heteroatoms. The largest absolute Gasteiger partial charge is 0.454 e. The van der Waals surface area contributed by atoms with Crippen molar-refractivity contribution in [3.63, 3.8) is 0 Å². The Morgan fingerprint density at radius 2 is 1.88 bits per heavy atom. The van der Waals surface area contributed by atoms with Crippen LogP contribution in [-0.4, -0.2) is 62.0 Å². The van der Waals surface area contributed by atoms with E-state index in [0.717, 1.165) is 43.7 Å². The van der Waals surface area contributed by atoms with Gasteiger partial charge in [0.25, 0.3) is 0 Å². The first-order chi connectivity index (χ1) is 11.9. The SMILES string of the molecule is c1cc2c(cc1CN1C[C@@H]3COC[C@@H](N4CCCC4)[C@@H]3C1)OCO2. The van der Waals surface area contributed by atoms with Crippen molar-refractivity contribution in [1.82, 2.24) is 9.80 Å². The molecule has 0 aliphatic carbocycles. The molecule has 0 spiro atoms. The smallest absolute Gasteiger partial charge is 0.231 e. The second-order valence-electron chi connectivity index (χ2n) is 7.65. The fourth-order valence-electron chi connectivity index (χ4n) is 4.94. The summed E-state index contributed by atoms with van der Waals surface area (Å²) in [7, 11) is 0. The summed E-state index contributed by atoms with van der Waals surface area (Å²) in [6.45, 7) is 8.09. The lowest BCUT2D eigenvalue weighted by Gasteiger charge is -2.38. The molecule has 1 aromatic rings. The molecular weight excluding hydrogens is 304 g/mol. The van der Waals surface area contributed by atoms with E-state index < -0.39 is 0 Å². The number of benzene rings is 1. The maximum Gasteiger partial charge on any atom is 0.231 e. The van der Waals surface area contributed by atoms with Crippen LogP contribution in [0.4, 0.5) is 0 Å². The normalized spacial score (nSPS) is 33.1. The lowest BCUT2D eigenvalue weighted by Crippen LogP contribution is -2.49. The van der Waals surface area contributed by atoms with Gasteiger partial charge < -0.3 is 14.2 Å². The highest BCUT2D eigenvalue weighted by Crippen LogP contribution is 2.36. The first-order valence-electron chi connectivity index (χ1n) is 9.29. The number of fused-ring (bicyclic) bond motifs is 2. The Morgan fingerprint density at radius 1 is 1.00 bits per heavy atom. The van der Waals surface area contributed by atoms with Gasteiger partial charge in [-0.15, -0.1) is 0 Å². The van der Waals surface area contributed by atoms with Gasteiger partial charge in [0, 0.05) is 31.6 Å². The average molecular weight is 330 g/mol. The van der Waals surface area contributed by atoms with Crippen LogP contribution in [0.25, 0.3) is 0 Å². The van der Waals surface area contributed by atoms with Gasteiger partial charge in [-0.2, -0.15) is 0 Å². The van der Waals surface area contributed by atoms with Crippen molar-refractivity contribution >= 4 is 0 Å². The van der Waals surface area contributed by atoms with Gasteiger partial charge >= 0.3 is 0 Å². The van der Waals surface area contributed by atoms with Crippen molar-refractivity contribution in [2.75, 3.05) is 46.2 Å². The Kier molecular flexibility index (Phi) is 3.88. The van der Waals surface area contributed by atoms with Crippen molar-refractivity contribution in [3.05, 3.63) is 23.8 Å². The Balaban J connectivity index is 1.27. The van der Waals surface area contributed by atoms with Crippen LogP contribution in [0.3, 0.4) is 0 Å². The first-order valence-corrected chi connectivity index (χ1v) is 9.29. The van der Waals surface area contributed by atoms with Crippen LogP contribution < -0.4 is 9.47 Å². The van der Waals surface area contributed by atoms with E-state index in [4.69, 9.17) is 14.2 Å². The van der Waals surface area contributed by atoms with Crippen molar-refractivity contribution in [2.24, 2.45) is 11.8 Å². The van der Waals surface area contributed by atoms with Gasteiger partial charge in [-0.05, 0) is 49.5 Å². The summed E-state index contributed by atoms with van der Waals surface area (Å²) < 4.78 is 16.9. The van der Waals surface area contributed by atoms with Crippen LogP contribution in [0, 0.1) is 11.8 Å². The van der Waals surface area contributed by atoms with Gasteiger partial charge in [-0.25, -0.2) is 0 Å². The molecule has 0 saturated carbocycles. The van der Waals surface area contributed by atoms with Gasteiger partial charge in [0.1, 0.15) is 0 Å². The van der Waals surface area contributed by atoms with Gasteiger partial charge in [0.15, 0.2) is 11.5 Å². The highest BCUT2D eigenvalue weighted by atomic mass is 16.7. The van der Waals surface area contributed by atoms with Crippen LogP contribution in [0.15, 0.2) is 18.2 Å². The molecule has 0 amide bonds. The van der Waals surface area contributed by atoms with E-state index in [2.05, 4.69) is 21.9 Å². The lowest BCUT2D eigenvalue weighted by molar-refractivity contribution is -0.0308. The van der Waals surface area contributed by atoms with Gasteiger partial charge in [-0.3, -0.25) is 9.80 Å². The molecule has 4 aliphatic rings. The monoisotopic (exact) mass is 330 g/mol. The highest BCUT2D eigenvalue weighted by molar-refractivity contribution is 5.44. The number of ether oxygens (including phenoxy) is 3. The van der Waals surface area contributed by atoms with Crippen LogP contribution in [0.5, 0.6) is 11.5 Å². The Bertz CT molecular complexity index is 602. The second-order valence-corrected chi connectivity index (χ2v) is 7.65. The molecule has 5 nitrogen and oxygen atoms in total. The fourth-order valence-corrected chi connectivity index (χ4v) is 4.94. The summed E-state index contributed by atoms with van der Waals surface area (Å²) in [6.07, 6.45) is 2.71. The molecule has 4 aliphatic heterocycles. The van der Waals surface area contributed by atoms with Crippen LogP contribution in [-0.2, 0) is 11.3 Å². The van der Waals surface area contributed by atoms with E-state index in [0.29, 0.717) is 18.8 Å². The molecule has 3 saturated heterocycles. The van der Waals surface area contributed by atoms with E-state index in [-0.39, 0.29) is 0 Å². The summed E-state index contributed by atoms with van der Waals surface area (Å²) in [5.41, 5.74) is 1.32. The van der Waals surface area contributed by atoms with Crippen molar-refractivity contribution in [1.29, 1.82) is 0 Å². The highest BCUT2D eigenvalue weighted by Gasteiger charge is 2.43. The molecule has 3 fully saturated rings.